The van der Waals surface area contributed by atoms with E-state index in [1.807, 2.05) is 36.2 Å². The highest BCUT2D eigenvalue weighted by Crippen LogP contribution is 2.28. The van der Waals surface area contributed by atoms with Gasteiger partial charge in [-0.1, -0.05) is 6.07 Å². The van der Waals surface area contributed by atoms with Crippen LogP contribution in [0.5, 0.6) is 0 Å². The third-order valence-electron chi connectivity index (χ3n) is 3.37. The van der Waals surface area contributed by atoms with Crippen molar-refractivity contribution in [2.45, 2.75) is 18.8 Å². The highest BCUT2D eigenvalue weighted by atomic mass is 35.5. The Morgan fingerprint density at radius 3 is 3.17 bits per heavy atom. The molecule has 1 fully saturated rings. The molecule has 5 heteroatoms. The largest absolute Gasteiger partial charge is 0.351 e. The monoisotopic (exact) mass is 281 g/mol. The van der Waals surface area contributed by atoms with E-state index in [-0.39, 0.29) is 0 Å². The Labute approximate surface area is 116 Å². The maximum atomic E-state index is 6.13. The van der Waals surface area contributed by atoms with Crippen LogP contribution in [0.15, 0.2) is 24.4 Å². The molecule has 0 radical (unpaired) electrons. The number of pyridine rings is 1. The molecular weight excluding hydrogens is 266 g/mol. The fourth-order valence-electron chi connectivity index (χ4n) is 2.43. The second kappa shape index (κ2) is 5.02. The van der Waals surface area contributed by atoms with Crippen LogP contribution in [-0.2, 0) is 5.88 Å². The van der Waals surface area contributed by atoms with Gasteiger partial charge in [0, 0.05) is 30.3 Å². The first kappa shape index (κ1) is 12.2. The van der Waals surface area contributed by atoms with Gasteiger partial charge >= 0.3 is 0 Å². The second-order valence-corrected chi connectivity index (χ2v) is 5.98. The van der Waals surface area contributed by atoms with Gasteiger partial charge in [-0.05, 0) is 19.1 Å². The summed E-state index contributed by atoms with van der Waals surface area (Å²) in [6, 6.07) is 6.59. The molecule has 3 rings (SSSR count). The molecule has 96 valence electrons. The number of hydrogen-bond acceptors (Lipinski definition) is 3. The topological polar surface area (TPSA) is 20.5 Å². The smallest absolute Gasteiger partial charge is 0.152 e. The summed E-state index contributed by atoms with van der Waals surface area (Å²) >= 11 is 8.14. The molecule has 0 amide bonds. The number of alkyl halides is 1. The Balaban J connectivity index is 2.10. The fraction of sp³-hybridized carbons (Fsp3) is 0.462. The summed E-state index contributed by atoms with van der Waals surface area (Å²) in [7, 11) is 0. The quantitative estimate of drug-likeness (QED) is 0.790. The van der Waals surface area contributed by atoms with Crippen LogP contribution in [0.4, 0.5) is 5.82 Å². The first-order valence-electron chi connectivity index (χ1n) is 6.17. The van der Waals surface area contributed by atoms with Gasteiger partial charge in [0.15, 0.2) is 5.82 Å². The highest BCUT2D eigenvalue weighted by Gasteiger charge is 2.24. The molecule has 0 aromatic carbocycles. The zero-order valence-electron chi connectivity index (χ0n) is 10.3. The maximum absolute atomic E-state index is 6.13. The summed E-state index contributed by atoms with van der Waals surface area (Å²) in [5.41, 5.74) is 2.08. The third-order valence-corrected chi connectivity index (χ3v) is 4.82. The lowest BCUT2D eigenvalue weighted by atomic mass is 10.3. The van der Waals surface area contributed by atoms with E-state index in [0.717, 1.165) is 29.5 Å². The normalized spacial score (nSPS) is 20.6. The molecule has 3 heterocycles. The minimum Gasteiger partial charge on any atom is -0.351 e. The Morgan fingerprint density at radius 2 is 2.39 bits per heavy atom. The zero-order valence-corrected chi connectivity index (χ0v) is 11.9. The number of hydrogen-bond donors (Lipinski definition) is 0. The summed E-state index contributed by atoms with van der Waals surface area (Å²) in [6.45, 7) is 3.31. The van der Waals surface area contributed by atoms with Crippen LogP contribution in [0.1, 0.15) is 12.6 Å². The van der Waals surface area contributed by atoms with E-state index in [1.165, 1.54) is 5.75 Å². The van der Waals surface area contributed by atoms with Crippen molar-refractivity contribution in [3.8, 4) is 0 Å². The Hall–Kier alpha value is -0.870. The zero-order chi connectivity index (χ0) is 12.5. The van der Waals surface area contributed by atoms with Crippen LogP contribution in [0.25, 0.3) is 5.65 Å². The third kappa shape index (κ3) is 1.97. The van der Waals surface area contributed by atoms with Crippen molar-refractivity contribution in [3.05, 3.63) is 30.1 Å². The van der Waals surface area contributed by atoms with E-state index in [0.29, 0.717) is 11.9 Å². The molecule has 1 aliphatic rings. The molecule has 2 aromatic rings. The number of rotatable bonds is 2. The van der Waals surface area contributed by atoms with Gasteiger partial charge in [-0.3, -0.25) is 0 Å². The number of fused-ring (bicyclic) bond motifs is 1. The van der Waals surface area contributed by atoms with Gasteiger partial charge in [-0.25, -0.2) is 4.98 Å². The number of thioether (sulfide) groups is 1. The van der Waals surface area contributed by atoms with Crippen LogP contribution in [0, 0.1) is 0 Å². The Morgan fingerprint density at radius 1 is 1.50 bits per heavy atom. The van der Waals surface area contributed by atoms with E-state index in [2.05, 4.69) is 16.2 Å². The average molecular weight is 282 g/mol. The molecule has 0 spiro atoms. The summed E-state index contributed by atoms with van der Waals surface area (Å²) in [6.07, 6.45) is 2.03. The number of imidazole rings is 1. The SMILES string of the molecule is CC1CSCCN1c1nc2ccccn2c1CCl. The fourth-order valence-corrected chi connectivity index (χ4v) is 3.69. The van der Waals surface area contributed by atoms with Crippen molar-refractivity contribution in [2.75, 3.05) is 23.0 Å². The number of nitrogens with zero attached hydrogens (tertiary/aromatic N) is 3. The van der Waals surface area contributed by atoms with E-state index >= 15 is 0 Å². The van der Waals surface area contributed by atoms with Crippen molar-refractivity contribution in [3.63, 3.8) is 0 Å². The lowest BCUT2D eigenvalue weighted by Crippen LogP contribution is -2.41. The molecule has 1 aliphatic heterocycles. The van der Waals surface area contributed by atoms with E-state index in [9.17, 15) is 0 Å². The van der Waals surface area contributed by atoms with E-state index in [4.69, 9.17) is 16.6 Å². The van der Waals surface area contributed by atoms with Gasteiger partial charge in [0.05, 0.1) is 11.6 Å². The Bertz CT molecular complexity index is 554. The summed E-state index contributed by atoms with van der Waals surface area (Å²) in [5, 5.41) is 0. The van der Waals surface area contributed by atoms with E-state index < -0.39 is 0 Å². The van der Waals surface area contributed by atoms with Gasteiger partial charge in [-0.2, -0.15) is 11.8 Å². The minimum absolute atomic E-state index is 0.497. The predicted octanol–water partition coefficient (Wildman–Crippen LogP) is 3.01. The first-order chi connectivity index (χ1) is 8.81. The molecule has 1 unspecified atom stereocenters. The van der Waals surface area contributed by atoms with E-state index in [1.54, 1.807) is 0 Å². The van der Waals surface area contributed by atoms with Crippen molar-refractivity contribution in [2.24, 2.45) is 0 Å². The standard InChI is InChI=1S/C13H16ClN3S/c1-10-9-18-7-6-16(10)13-11(8-14)17-5-3-2-4-12(17)15-13/h2-5,10H,6-9H2,1H3. The van der Waals surface area contributed by atoms with Crippen LogP contribution in [-0.4, -0.2) is 33.5 Å². The first-order valence-corrected chi connectivity index (χ1v) is 7.86. The molecule has 0 N–H and O–H groups in total. The second-order valence-electron chi connectivity index (χ2n) is 4.56. The summed E-state index contributed by atoms with van der Waals surface area (Å²) in [5.74, 6) is 3.89. The Kier molecular flexibility index (Phi) is 3.39. The van der Waals surface area contributed by atoms with Gasteiger partial charge in [-0.15, -0.1) is 11.6 Å². The molecule has 0 aliphatic carbocycles. The van der Waals surface area contributed by atoms with Crippen molar-refractivity contribution < 1.29 is 0 Å². The highest BCUT2D eigenvalue weighted by molar-refractivity contribution is 7.99. The van der Waals surface area contributed by atoms with Crippen LogP contribution < -0.4 is 4.90 Å². The average Bonchev–Trinajstić information content (AvgIpc) is 2.77. The molecule has 1 saturated heterocycles. The van der Waals surface area contributed by atoms with Gasteiger partial charge < -0.3 is 9.30 Å². The summed E-state index contributed by atoms with van der Waals surface area (Å²) < 4.78 is 2.09. The molecular formula is C13H16ClN3S. The van der Waals surface area contributed by atoms with Crippen molar-refractivity contribution >= 4 is 34.8 Å². The maximum Gasteiger partial charge on any atom is 0.152 e. The van der Waals surface area contributed by atoms with Crippen LogP contribution in [0.3, 0.4) is 0 Å². The predicted molar refractivity (Wildman–Crippen MR) is 78.9 cm³/mol. The number of aromatic nitrogens is 2. The van der Waals surface area contributed by atoms with Crippen molar-refractivity contribution in [1.82, 2.24) is 9.38 Å². The lowest BCUT2D eigenvalue weighted by Gasteiger charge is -2.33. The van der Waals surface area contributed by atoms with Gasteiger partial charge in [0.25, 0.3) is 0 Å². The molecule has 1 atom stereocenters. The molecule has 3 nitrogen and oxygen atoms in total. The van der Waals surface area contributed by atoms with Crippen LogP contribution in [0.2, 0.25) is 0 Å². The molecule has 18 heavy (non-hydrogen) atoms. The van der Waals surface area contributed by atoms with Crippen LogP contribution >= 0.6 is 23.4 Å². The lowest BCUT2D eigenvalue weighted by molar-refractivity contribution is 0.689. The van der Waals surface area contributed by atoms with Gasteiger partial charge in [0.2, 0.25) is 0 Å². The summed E-state index contributed by atoms with van der Waals surface area (Å²) in [4.78, 5) is 7.14. The minimum atomic E-state index is 0.497. The number of anilines is 1. The molecule has 0 bridgehead atoms. The van der Waals surface area contributed by atoms with Gasteiger partial charge in [0.1, 0.15) is 5.65 Å². The molecule has 0 saturated carbocycles. The molecule has 2 aromatic heterocycles. The number of halogens is 1. The van der Waals surface area contributed by atoms with Crippen molar-refractivity contribution in [1.29, 1.82) is 0 Å².